The first kappa shape index (κ1) is 24.7. The van der Waals surface area contributed by atoms with Crippen LogP contribution in [0.2, 0.25) is 0 Å². The molecule has 0 bridgehead atoms. The van der Waals surface area contributed by atoms with E-state index < -0.39 is 17.5 Å². The molecule has 1 heterocycles. The number of amides is 1. The number of hydrogen-bond acceptors (Lipinski definition) is 5. The molecule has 0 atom stereocenters. The summed E-state index contributed by atoms with van der Waals surface area (Å²) in [6.07, 6.45) is 3.67. The molecule has 1 aromatic heterocycles. The lowest BCUT2D eigenvalue weighted by Crippen LogP contribution is -2.29. The van der Waals surface area contributed by atoms with Gasteiger partial charge in [0, 0.05) is 24.1 Å². The first-order valence-corrected chi connectivity index (χ1v) is 11.8. The number of esters is 1. The fraction of sp³-hybridized carbons (Fsp3) is 0.167. The van der Waals surface area contributed by atoms with E-state index >= 15 is 0 Å². The highest BCUT2D eigenvalue weighted by atomic mass is 16.5. The van der Waals surface area contributed by atoms with E-state index in [9.17, 15) is 14.4 Å². The second-order valence-electron chi connectivity index (χ2n) is 8.71. The maximum atomic E-state index is 12.5. The molecule has 6 heteroatoms. The first-order valence-electron chi connectivity index (χ1n) is 11.8. The fourth-order valence-electron chi connectivity index (χ4n) is 3.68. The Kier molecular flexibility index (Phi) is 7.75. The summed E-state index contributed by atoms with van der Waals surface area (Å²) in [5, 5.41) is 3.30. The van der Waals surface area contributed by atoms with E-state index in [1.807, 2.05) is 54.6 Å². The van der Waals surface area contributed by atoms with E-state index in [2.05, 4.69) is 19.2 Å². The van der Waals surface area contributed by atoms with Gasteiger partial charge in [-0.3, -0.25) is 4.79 Å². The molecule has 0 aliphatic rings. The van der Waals surface area contributed by atoms with Crippen molar-refractivity contribution in [2.75, 3.05) is 6.54 Å². The molecule has 3 aromatic carbocycles. The molecule has 0 radical (unpaired) electrons. The van der Waals surface area contributed by atoms with Gasteiger partial charge in [-0.25, -0.2) is 9.59 Å². The molecule has 0 aliphatic heterocycles. The molecule has 6 nitrogen and oxygen atoms in total. The zero-order chi connectivity index (χ0) is 25.5. The van der Waals surface area contributed by atoms with Crippen molar-refractivity contribution in [3.8, 4) is 5.75 Å². The van der Waals surface area contributed by atoms with Gasteiger partial charge in [-0.05, 0) is 53.3 Å². The summed E-state index contributed by atoms with van der Waals surface area (Å²) >= 11 is 0. The highest BCUT2D eigenvalue weighted by Gasteiger charge is 2.14. The Hall–Kier alpha value is -4.45. The minimum absolute atomic E-state index is 0.0771. The molecule has 0 unspecified atom stereocenters. The molecule has 0 saturated heterocycles. The maximum absolute atomic E-state index is 12.5. The van der Waals surface area contributed by atoms with Crippen molar-refractivity contribution in [2.45, 2.75) is 26.2 Å². The first-order chi connectivity index (χ1) is 17.4. The second-order valence-corrected chi connectivity index (χ2v) is 8.71. The van der Waals surface area contributed by atoms with Crippen LogP contribution in [0.4, 0.5) is 0 Å². The van der Waals surface area contributed by atoms with Gasteiger partial charge in [0.2, 0.25) is 0 Å². The molecule has 0 aliphatic carbocycles. The highest BCUT2D eigenvalue weighted by Crippen LogP contribution is 2.21. The number of carbonyl (C=O) groups excluding carboxylic acids is 2. The largest absolute Gasteiger partial charge is 0.423 e. The van der Waals surface area contributed by atoms with Gasteiger partial charge in [-0.15, -0.1) is 0 Å². The number of ether oxygens (including phenoxy) is 1. The Morgan fingerprint density at radius 1 is 0.972 bits per heavy atom. The van der Waals surface area contributed by atoms with Gasteiger partial charge < -0.3 is 14.5 Å². The zero-order valence-corrected chi connectivity index (χ0v) is 20.2. The smallest absolute Gasteiger partial charge is 0.349 e. The van der Waals surface area contributed by atoms with Crippen LogP contribution in [0, 0.1) is 0 Å². The van der Waals surface area contributed by atoms with Crippen molar-refractivity contribution in [2.24, 2.45) is 0 Å². The van der Waals surface area contributed by atoms with E-state index in [0.717, 1.165) is 11.1 Å². The SMILES string of the molecule is CC(C)c1ccc(/C=C/C(=O)Oc2ccc3cc(C(=O)NCCc4ccccc4)c(=O)oc3c2)cc1. The number of fused-ring (bicyclic) bond motifs is 1. The topological polar surface area (TPSA) is 85.6 Å². The van der Waals surface area contributed by atoms with Crippen LogP contribution in [0.5, 0.6) is 5.75 Å². The van der Waals surface area contributed by atoms with E-state index in [-0.39, 0.29) is 16.9 Å². The highest BCUT2D eigenvalue weighted by molar-refractivity contribution is 5.97. The molecule has 4 aromatic rings. The van der Waals surface area contributed by atoms with Gasteiger partial charge in [0.25, 0.3) is 5.91 Å². The lowest BCUT2D eigenvalue weighted by Gasteiger charge is -2.07. The van der Waals surface area contributed by atoms with Crippen LogP contribution in [-0.4, -0.2) is 18.4 Å². The van der Waals surface area contributed by atoms with Crippen LogP contribution in [0.3, 0.4) is 0 Å². The van der Waals surface area contributed by atoms with Gasteiger partial charge in [0.15, 0.2) is 0 Å². The maximum Gasteiger partial charge on any atom is 0.349 e. The molecule has 182 valence electrons. The second kappa shape index (κ2) is 11.3. The van der Waals surface area contributed by atoms with Crippen LogP contribution >= 0.6 is 0 Å². The predicted octanol–water partition coefficient (Wildman–Crippen LogP) is 5.51. The van der Waals surface area contributed by atoms with Gasteiger partial charge in [-0.2, -0.15) is 0 Å². The monoisotopic (exact) mass is 481 g/mol. The van der Waals surface area contributed by atoms with Gasteiger partial charge >= 0.3 is 11.6 Å². The molecular formula is C30H27NO5. The van der Waals surface area contributed by atoms with E-state index in [0.29, 0.717) is 24.3 Å². The minimum atomic E-state index is -0.757. The third kappa shape index (κ3) is 6.36. The summed E-state index contributed by atoms with van der Waals surface area (Å²) in [6, 6.07) is 23.8. The number of benzene rings is 3. The number of hydrogen-bond donors (Lipinski definition) is 1. The minimum Gasteiger partial charge on any atom is -0.423 e. The number of rotatable bonds is 8. The van der Waals surface area contributed by atoms with E-state index in [4.69, 9.17) is 9.15 Å². The molecule has 4 rings (SSSR count). The Bertz CT molecular complexity index is 1450. The van der Waals surface area contributed by atoms with Crippen molar-refractivity contribution in [1.82, 2.24) is 5.32 Å². The van der Waals surface area contributed by atoms with Crippen LogP contribution in [-0.2, 0) is 11.2 Å². The lowest BCUT2D eigenvalue weighted by atomic mass is 10.0. The van der Waals surface area contributed by atoms with Crippen molar-refractivity contribution in [3.05, 3.63) is 118 Å². The lowest BCUT2D eigenvalue weighted by molar-refractivity contribution is -0.128. The van der Waals surface area contributed by atoms with Crippen molar-refractivity contribution in [1.29, 1.82) is 0 Å². The van der Waals surface area contributed by atoms with Crippen LogP contribution in [0.15, 0.2) is 94.2 Å². The van der Waals surface area contributed by atoms with Gasteiger partial charge in [0.1, 0.15) is 16.9 Å². The van der Waals surface area contributed by atoms with Crippen LogP contribution < -0.4 is 15.7 Å². The zero-order valence-electron chi connectivity index (χ0n) is 20.2. The molecule has 0 fully saturated rings. The summed E-state index contributed by atoms with van der Waals surface area (Å²) < 4.78 is 10.7. The van der Waals surface area contributed by atoms with Crippen LogP contribution in [0.25, 0.3) is 17.0 Å². The summed E-state index contributed by atoms with van der Waals surface area (Å²) in [5.74, 6) is -0.385. The normalized spacial score (nSPS) is 11.2. The quantitative estimate of drug-likeness (QED) is 0.155. The molecule has 1 amide bonds. The Labute approximate surface area is 209 Å². The molecule has 0 saturated carbocycles. The average molecular weight is 482 g/mol. The fourth-order valence-corrected chi connectivity index (χ4v) is 3.68. The number of carbonyl (C=O) groups is 2. The van der Waals surface area contributed by atoms with Crippen molar-refractivity contribution < 1.29 is 18.7 Å². The van der Waals surface area contributed by atoms with Crippen molar-refractivity contribution >= 4 is 28.9 Å². The van der Waals surface area contributed by atoms with E-state index in [1.165, 1.54) is 23.8 Å². The standard InChI is InChI=1S/C30H27NO5/c1-20(2)23-11-8-22(9-12-23)10-15-28(32)35-25-14-13-24-18-26(30(34)36-27(24)19-25)29(33)31-17-16-21-6-4-3-5-7-21/h3-15,18-20H,16-17H2,1-2H3,(H,31,33)/b15-10+. The third-order valence-corrected chi connectivity index (χ3v) is 5.73. The van der Waals surface area contributed by atoms with Gasteiger partial charge in [0.05, 0.1) is 0 Å². The molecule has 1 N–H and O–H groups in total. The summed E-state index contributed by atoms with van der Waals surface area (Å²) in [6.45, 7) is 4.64. The molecule has 36 heavy (non-hydrogen) atoms. The Morgan fingerprint density at radius 2 is 1.72 bits per heavy atom. The molecular weight excluding hydrogens is 454 g/mol. The van der Waals surface area contributed by atoms with Gasteiger partial charge in [-0.1, -0.05) is 68.4 Å². The summed E-state index contributed by atoms with van der Waals surface area (Å²) in [7, 11) is 0. The Morgan fingerprint density at radius 3 is 2.44 bits per heavy atom. The molecule has 0 spiro atoms. The van der Waals surface area contributed by atoms with Crippen LogP contribution in [0.1, 0.15) is 46.8 Å². The van der Waals surface area contributed by atoms with Crippen molar-refractivity contribution in [3.63, 3.8) is 0 Å². The summed E-state index contributed by atoms with van der Waals surface area (Å²) in [5.41, 5.74) is 2.58. The number of nitrogens with one attached hydrogen (secondary N) is 1. The van der Waals surface area contributed by atoms with E-state index in [1.54, 1.807) is 18.2 Å². The average Bonchev–Trinajstić information content (AvgIpc) is 2.88. The predicted molar refractivity (Wildman–Crippen MR) is 140 cm³/mol. The third-order valence-electron chi connectivity index (χ3n) is 5.73. The summed E-state index contributed by atoms with van der Waals surface area (Å²) in [4.78, 5) is 37.2. The Balaban J connectivity index is 1.39.